The minimum absolute atomic E-state index is 0.0415. The molecule has 0 saturated heterocycles. The molecular weight excluding hydrogens is 250 g/mol. The van der Waals surface area contributed by atoms with Crippen molar-refractivity contribution >= 4 is 23.1 Å². The summed E-state index contributed by atoms with van der Waals surface area (Å²) in [5.41, 5.74) is 6.58. The van der Waals surface area contributed by atoms with Crippen LogP contribution in [-0.2, 0) is 6.42 Å². The summed E-state index contributed by atoms with van der Waals surface area (Å²) in [4.78, 5) is 12.8. The number of rotatable bonds is 6. The molecule has 1 amide bonds. The number of carbonyl (C=O) groups excluding carboxylic acids is 1. The molecule has 1 rings (SSSR count). The second-order valence-corrected chi connectivity index (χ2v) is 4.88. The molecule has 0 aliphatic heterocycles. The molecule has 6 heteroatoms. The summed E-state index contributed by atoms with van der Waals surface area (Å²) in [6.45, 7) is 3.98. The largest absolute Gasteiger partial charge is 0.409 e. The van der Waals surface area contributed by atoms with Crippen molar-refractivity contribution in [3.63, 3.8) is 0 Å². The van der Waals surface area contributed by atoms with Crippen LogP contribution in [0.25, 0.3) is 0 Å². The number of hydrogen-bond donors (Lipinski definition) is 3. The Kier molecular flexibility index (Phi) is 5.64. The molecule has 100 valence electrons. The van der Waals surface area contributed by atoms with Gasteiger partial charge in [0.1, 0.15) is 0 Å². The fraction of sp³-hybridized carbons (Fsp3) is 0.500. The van der Waals surface area contributed by atoms with E-state index in [4.69, 9.17) is 10.9 Å². The molecule has 0 aliphatic carbocycles. The third-order valence-corrected chi connectivity index (χ3v) is 3.64. The summed E-state index contributed by atoms with van der Waals surface area (Å²) in [5.74, 6) is -0.119. The molecule has 1 heterocycles. The maximum atomic E-state index is 12.1. The first-order chi connectivity index (χ1) is 8.63. The third kappa shape index (κ3) is 3.46. The number of nitrogens with zero attached hydrogens (tertiary/aromatic N) is 1. The Morgan fingerprint density at radius 3 is 2.89 bits per heavy atom. The first-order valence-electron chi connectivity index (χ1n) is 5.98. The van der Waals surface area contributed by atoms with Gasteiger partial charge in [0.25, 0.3) is 5.91 Å². The van der Waals surface area contributed by atoms with Crippen molar-refractivity contribution < 1.29 is 10.0 Å². The van der Waals surface area contributed by atoms with Gasteiger partial charge >= 0.3 is 0 Å². The topological polar surface area (TPSA) is 87.7 Å². The lowest BCUT2D eigenvalue weighted by Gasteiger charge is -2.16. The second kappa shape index (κ2) is 7.00. The van der Waals surface area contributed by atoms with E-state index in [-0.39, 0.29) is 11.7 Å². The first-order valence-corrected chi connectivity index (χ1v) is 6.86. The lowest BCUT2D eigenvalue weighted by molar-refractivity contribution is 0.0948. The van der Waals surface area contributed by atoms with Crippen molar-refractivity contribution in [3.05, 3.63) is 21.9 Å². The fourth-order valence-corrected chi connectivity index (χ4v) is 2.59. The van der Waals surface area contributed by atoms with Gasteiger partial charge in [-0.05, 0) is 29.9 Å². The molecular formula is C12H19N3O2S. The van der Waals surface area contributed by atoms with Gasteiger partial charge in [0, 0.05) is 0 Å². The number of nitrogens with two attached hydrogens (primary N) is 1. The number of hydrogen-bond acceptors (Lipinski definition) is 4. The highest BCUT2D eigenvalue weighted by Gasteiger charge is 2.19. The molecule has 0 fully saturated rings. The minimum atomic E-state index is -0.417. The molecule has 0 aromatic carbocycles. The minimum Gasteiger partial charge on any atom is -0.409 e. The Hall–Kier alpha value is -1.56. The number of thiophene rings is 1. The van der Waals surface area contributed by atoms with Crippen LogP contribution in [0.15, 0.2) is 16.6 Å². The molecule has 0 radical (unpaired) electrons. The molecule has 0 aliphatic rings. The third-order valence-electron chi connectivity index (χ3n) is 2.69. The van der Waals surface area contributed by atoms with Gasteiger partial charge in [-0.15, -0.1) is 11.3 Å². The predicted molar refractivity (Wildman–Crippen MR) is 73.3 cm³/mol. The molecule has 0 bridgehead atoms. The Bertz CT molecular complexity index is 429. The quantitative estimate of drug-likeness (QED) is 0.319. The molecule has 1 aromatic heterocycles. The van der Waals surface area contributed by atoms with Gasteiger partial charge < -0.3 is 16.3 Å². The van der Waals surface area contributed by atoms with Crippen LogP contribution in [0.3, 0.4) is 0 Å². The normalized spacial score (nSPS) is 13.3. The highest BCUT2D eigenvalue weighted by molar-refractivity contribution is 7.12. The van der Waals surface area contributed by atoms with E-state index in [1.54, 1.807) is 0 Å². The zero-order valence-corrected chi connectivity index (χ0v) is 11.5. The van der Waals surface area contributed by atoms with Crippen LogP contribution in [0.1, 0.15) is 41.9 Å². The summed E-state index contributed by atoms with van der Waals surface area (Å²) in [6, 6.07) is 1.53. The predicted octanol–water partition coefficient (Wildman–Crippen LogP) is 1.96. The molecule has 1 aromatic rings. The smallest absolute Gasteiger partial charge is 0.262 e. The van der Waals surface area contributed by atoms with Crippen LogP contribution < -0.4 is 11.1 Å². The van der Waals surface area contributed by atoms with E-state index in [9.17, 15) is 4.79 Å². The van der Waals surface area contributed by atoms with E-state index in [2.05, 4.69) is 10.5 Å². The van der Waals surface area contributed by atoms with Crippen molar-refractivity contribution in [3.8, 4) is 0 Å². The molecule has 1 unspecified atom stereocenters. The van der Waals surface area contributed by atoms with Gasteiger partial charge in [-0.3, -0.25) is 4.79 Å². The summed E-state index contributed by atoms with van der Waals surface area (Å²) in [6.07, 6.45) is 2.30. The molecule has 0 saturated carbocycles. The fourth-order valence-electron chi connectivity index (χ4n) is 1.69. The van der Waals surface area contributed by atoms with Crippen molar-refractivity contribution in [2.45, 2.75) is 39.2 Å². The summed E-state index contributed by atoms with van der Waals surface area (Å²) >= 11 is 1.41. The highest BCUT2D eigenvalue weighted by atomic mass is 32.1. The van der Waals surface area contributed by atoms with E-state index in [1.807, 2.05) is 25.3 Å². The molecule has 18 heavy (non-hydrogen) atoms. The molecule has 4 N–H and O–H groups in total. The van der Waals surface area contributed by atoms with E-state index in [1.165, 1.54) is 11.3 Å². The highest BCUT2D eigenvalue weighted by Crippen LogP contribution is 2.17. The number of amides is 1. The van der Waals surface area contributed by atoms with E-state index in [0.29, 0.717) is 11.3 Å². The van der Waals surface area contributed by atoms with Crippen LogP contribution in [0.5, 0.6) is 0 Å². The van der Waals surface area contributed by atoms with Crippen molar-refractivity contribution in [2.24, 2.45) is 10.9 Å². The lowest BCUT2D eigenvalue weighted by atomic mass is 10.1. The SMILES string of the molecule is CCCC(NC(=O)c1sccc1CC)C(N)=NO. The number of oxime groups is 1. The molecule has 1 atom stereocenters. The van der Waals surface area contributed by atoms with Gasteiger partial charge in [-0.1, -0.05) is 25.4 Å². The zero-order chi connectivity index (χ0) is 13.5. The van der Waals surface area contributed by atoms with Gasteiger partial charge in [0.15, 0.2) is 5.84 Å². The van der Waals surface area contributed by atoms with Crippen LogP contribution in [0.2, 0.25) is 0 Å². The van der Waals surface area contributed by atoms with Gasteiger partial charge in [0.2, 0.25) is 0 Å². The van der Waals surface area contributed by atoms with Crippen molar-refractivity contribution in [1.29, 1.82) is 0 Å². The monoisotopic (exact) mass is 269 g/mol. The van der Waals surface area contributed by atoms with E-state index < -0.39 is 6.04 Å². The second-order valence-electron chi connectivity index (χ2n) is 3.97. The Morgan fingerprint density at radius 2 is 2.33 bits per heavy atom. The number of amidine groups is 1. The zero-order valence-electron chi connectivity index (χ0n) is 10.6. The summed E-state index contributed by atoms with van der Waals surface area (Å²) in [5, 5.41) is 16.4. The number of aryl methyl sites for hydroxylation is 1. The summed E-state index contributed by atoms with van der Waals surface area (Å²) < 4.78 is 0. The van der Waals surface area contributed by atoms with Crippen LogP contribution in [0, 0.1) is 0 Å². The van der Waals surface area contributed by atoms with Gasteiger partial charge in [-0.2, -0.15) is 0 Å². The molecule has 0 spiro atoms. The first kappa shape index (κ1) is 14.5. The van der Waals surface area contributed by atoms with Crippen LogP contribution in [0.4, 0.5) is 0 Å². The van der Waals surface area contributed by atoms with Crippen molar-refractivity contribution in [1.82, 2.24) is 5.32 Å². The van der Waals surface area contributed by atoms with E-state index >= 15 is 0 Å². The van der Waals surface area contributed by atoms with Crippen molar-refractivity contribution in [2.75, 3.05) is 0 Å². The maximum absolute atomic E-state index is 12.1. The Balaban J connectivity index is 2.78. The number of nitrogens with one attached hydrogen (secondary N) is 1. The standard InChI is InChI=1S/C12H19N3O2S/c1-3-5-9(11(13)15-17)14-12(16)10-8(4-2)6-7-18-10/h6-7,9,17H,3-5H2,1-2H3,(H2,13,15)(H,14,16). The molecule has 5 nitrogen and oxygen atoms in total. The van der Waals surface area contributed by atoms with Gasteiger partial charge in [0.05, 0.1) is 10.9 Å². The Labute approximate surface area is 111 Å². The average Bonchev–Trinajstić information content (AvgIpc) is 2.85. The lowest BCUT2D eigenvalue weighted by Crippen LogP contribution is -2.44. The maximum Gasteiger partial charge on any atom is 0.262 e. The van der Waals surface area contributed by atoms with Crippen LogP contribution in [-0.4, -0.2) is 23.0 Å². The average molecular weight is 269 g/mol. The van der Waals surface area contributed by atoms with E-state index in [0.717, 1.165) is 18.4 Å². The summed E-state index contributed by atoms with van der Waals surface area (Å²) in [7, 11) is 0. The van der Waals surface area contributed by atoms with Gasteiger partial charge in [-0.25, -0.2) is 0 Å². The van der Waals surface area contributed by atoms with Crippen LogP contribution >= 0.6 is 11.3 Å². The number of carbonyl (C=O) groups is 1. The Morgan fingerprint density at radius 1 is 1.61 bits per heavy atom.